The minimum absolute atomic E-state index is 0.236. The molecule has 0 aliphatic carbocycles. The Bertz CT molecular complexity index is 532. The smallest absolute Gasteiger partial charge is 0.232 e. The zero-order valence-corrected chi connectivity index (χ0v) is 13.9. The van der Waals surface area contributed by atoms with Gasteiger partial charge < -0.3 is 20.3 Å². The predicted molar refractivity (Wildman–Crippen MR) is 91.7 cm³/mol. The highest BCUT2D eigenvalue weighted by Gasteiger charge is 2.17. The van der Waals surface area contributed by atoms with Gasteiger partial charge in [0.05, 0.1) is 6.10 Å². The number of rotatable bonds is 4. The third kappa shape index (κ3) is 4.18. The lowest BCUT2D eigenvalue weighted by molar-refractivity contribution is 0.114. The third-order valence-electron chi connectivity index (χ3n) is 3.85. The van der Waals surface area contributed by atoms with Crippen LogP contribution in [0.2, 0.25) is 5.15 Å². The molecule has 0 bridgehead atoms. The van der Waals surface area contributed by atoms with Crippen LogP contribution in [0.15, 0.2) is 6.07 Å². The van der Waals surface area contributed by atoms with Crippen LogP contribution in [0.1, 0.15) is 25.7 Å². The summed E-state index contributed by atoms with van der Waals surface area (Å²) in [5, 5.41) is 7.05. The van der Waals surface area contributed by atoms with E-state index in [1.165, 1.54) is 12.8 Å². The van der Waals surface area contributed by atoms with Crippen molar-refractivity contribution >= 4 is 40.7 Å². The lowest BCUT2D eigenvalue weighted by atomic mass is 10.2. The van der Waals surface area contributed by atoms with E-state index in [1.54, 1.807) is 6.07 Å². The molecule has 22 heavy (non-hydrogen) atoms. The van der Waals surface area contributed by atoms with Crippen molar-refractivity contribution in [3.05, 3.63) is 11.2 Å². The zero-order chi connectivity index (χ0) is 15.4. The normalized spacial score (nSPS) is 21.1. The number of hydrogen-bond donors (Lipinski definition) is 2. The van der Waals surface area contributed by atoms with Crippen molar-refractivity contribution in [3.8, 4) is 0 Å². The van der Waals surface area contributed by atoms with E-state index < -0.39 is 0 Å². The van der Waals surface area contributed by atoms with Crippen LogP contribution in [0.3, 0.4) is 0 Å². The van der Waals surface area contributed by atoms with Crippen LogP contribution in [-0.4, -0.2) is 47.4 Å². The minimum Gasteiger partial charge on any atom is -0.376 e. The fraction of sp³-hybridized carbons (Fsp3) is 0.643. The second-order valence-electron chi connectivity index (χ2n) is 5.54. The molecule has 1 atom stereocenters. The minimum atomic E-state index is 0.236. The van der Waals surface area contributed by atoms with Crippen molar-refractivity contribution in [1.82, 2.24) is 15.3 Å². The Hall–Kier alpha value is -1.18. The molecular weight excluding hydrogens is 322 g/mol. The number of nitrogens with zero attached hydrogens (tertiary/aromatic N) is 3. The predicted octanol–water partition coefficient (Wildman–Crippen LogP) is 2.20. The summed E-state index contributed by atoms with van der Waals surface area (Å²) in [4.78, 5) is 10.9. The third-order valence-corrected chi connectivity index (χ3v) is 4.29. The Morgan fingerprint density at radius 3 is 2.91 bits per heavy atom. The van der Waals surface area contributed by atoms with E-state index in [2.05, 4.69) is 25.5 Å². The Morgan fingerprint density at radius 1 is 1.36 bits per heavy atom. The molecule has 120 valence electrons. The molecule has 0 unspecified atom stereocenters. The molecule has 1 aromatic heterocycles. The van der Waals surface area contributed by atoms with Gasteiger partial charge in [-0.1, -0.05) is 11.6 Å². The van der Waals surface area contributed by atoms with Gasteiger partial charge in [-0.2, -0.15) is 4.98 Å². The molecule has 0 aromatic carbocycles. The van der Waals surface area contributed by atoms with Gasteiger partial charge in [-0.15, -0.1) is 0 Å². The van der Waals surface area contributed by atoms with Gasteiger partial charge in [-0.3, -0.25) is 0 Å². The number of thiocarbonyl (C=S) groups is 1. The topological polar surface area (TPSA) is 62.3 Å². The van der Waals surface area contributed by atoms with Gasteiger partial charge >= 0.3 is 0 Å². The maximum Gasteiger partial charge on any atom is 0.232 e. The second-order valence-corrected chi connectivity index (χ2v) is 6.33. The number of nitrogens with one attached hydrogen (secondary N) is 2. The standard InChI is InChI=1S/C14H20ClN5OS/c15-11-8-12(20-5-1-2-6-20)18-13(17-11)19-14(22)16-9-10-4-3-7-21-10/h8,10H,1-7,9H2,(H2,16,17,18,19,22)/t10-/m0/s1. The van der Waals surface area contributed by atoms with Gasteiger partial charge in [-0.25, -0.2) is 4.98 Å². The molecule has 0 saturated carbocycles. The van der Waals surface area contributed by atoms with Crippen LogP contribution in [0, 0.1) is 0 Å². The van der Waals surface area contributed by atoms with Gasteiger partial charge in [0.2, 0.25) is 5.95 Å². The Labute approximate surface area is 140 Å². The highest BCUT2D eigenvalue weighted by Crippen LogP contribution is 2.22. The van der Waals surface area contributed by atoms with Crippen molar-refractivity contribution in [2.45, 2.75) is 31.8 Å². The second kappa shape index (κ2) is 7.39. The number of halogens is 1. The van der Waals surface area contributed by atoms with Crippen LogP contribution in [-0.2, 0) is 4.74 Å². The molecule has 3 rings (SSSR count). The van der Waals surface area contributed by atoms with E-state index in [0.29, 0.717) is 22.8 Å². The first-order valence-electron chi connectivity index (χ1n) is 7.67. The number of ether oxygens (including phenoxy) is 1. The molecule has 2 saturated heterocycles. The van der Waals surface area contributed by atoms with E-state index >= 15 is 0 Å². The van der Waals surface area contributed by atoms with Crippen LogP contribution >= 0.6 is 23.8 Å². The van der Waals surface area contributed by atoms with Crippen molar-refractivity contribution in [2.75, 3.05) is 36.5 Å². The summed E-state index contributed by atoms with van der Waals surface area (Å²) >= 11 is 11.4. The number of anilines is 2. The molecule has 2 aliphatic heterocycles. The SMILES string of the molecule is S=C(NC[C@@H]1CCCO1)Nc1nc(Cl)cc(N2CCCC2)n1. The molecule has 2 fully saturated rings. The summed E-state index contributed by atoms with van der Waals surface area (Å²) in [5.74, 6) is 1.28. The summed E-state index contributed by atoms with van der Waals surface area (Å²) < 4.78 is 5.55. The molecule has 2 aliphatic rings. The van der Waals surface area contributed by atoms with Gasteiger partial charge in [0.1, 0.15) is 11.0 Å². The van der Waals surface area contributed by atoms with Crippen LogP contribution in [0.25, 0.3) is 0 Å². The quantitative estimate of drug-likeness (QED) is 0.643. The molecule has 6 nitrogen and oxygen atoms in total. The summed E-state index contributed by atoms with van der Waals surface area (Å²) in [7, 11) is 0. The molecule has 1 aromatic rings. The van der Waals surface area contributed by atoms with Crippen LogP contribution < -0.4 is 15.5 Å². The Kier molecular flexibility index (Phi) is 5.28. The van der Waals surface area contributed by atoms with Crippen LogP contribution in [0.5, 0.6) is 0 Å². The average Bonchev–Trinajstić information content (AvgIpc) is 3.18. The van der Waals surface area contributed by atoms with Crippen molar-refractivity contribution in [1.29, 1.82) is 0 Å². The fourth-order valence-corrected chi connectivity index (χ4v) is 3.08. The van der Waals surface area contributed by atoms with E-state index in [-0.39, 0.29) is 6.10 Å². The maximum absolute atomic E-state index is 6.09. The Balaban J connectivity index is 1.57. The van der Waals surface area contributed by atoms with Gasteiger partial charge in [0.15, 0.2) is 5.11 Å². The molecule has 2 N–H and O–H groups in total. The Morgan fingerprint density at radius 2 is 2.18 bits per heavy atom. The lowest BCUT2D eigenvalue weighted by Crippen LogP contribution is -2.35. The van der Waals surface area contributed by atoms with Crippen molar-refractivity contribution in [3.63, 3.8) is 0 Å². The summed E-state index contributed by atoms with van der Waals surface area (Å²) in [6.45, 7) is 3.55. The van der Waals surface area contributed by atoms with E-state index in [9.17, 15) is 0 Å². The lowest BCUT2D eigenvalue weighted by Gasteiger charge is -2.18. The van der Waals surface area contributed by atoms with Gasteiger partial charge in [-0.05, 0) is 37.9 Å². The van der Waals surface area contributed by atoms with Gasteiger partial charge in [0, 0.05) is 32.3 Å². The first-order valence-corrected chi connectivity index (χ1v) is 8.45. The van der Waals surface area contributed by atoms with Gasteiger partial charge in [0.25, 0.3) is 0 Å². The highest BCUT2D eigenvalue weighted by molar-refractivity contribution is 7.80. The van der Waals surface area contributed by atoms with E-state index in [4.69, 9.17) is 28.6 Å². The number of hydrogen-bond acceptors (Lipinski definition) is 5. The summed E-state index contributed by atoms with van der Waals surface area (Å²) in [6.07, 6.45) is 4.79. The summed E-state index contributed by atoms with van der Waals surface area (Å²) in [5.41, 5.74) is 0. The first kappa shape index (κ1) is 15.7. The van der Waals surface area contributed by atoms with E-state index in [1.807, 2.05) is 0 Å². The monoisotopic (exact) mass is 341 g/mol. The molecule has 8 heteroatoms. The first-order chi connectivity index (χ1) is 10.7. The molecule has 0 radical (unpaired) electrons. The van der Waals surface area contributed by atoms with Crippen molar-refractivity contribution < 1.29 is 4.74 Å². The molecule has 0 amide bonds. The molecular formula is C14H20ClN5OS. The summed E-state index contributed by atoms with van der Waals surface area (Å²) in [6, 6.07) is 1.79. The zero-order valence-electron chi connectivity index (χ0n) is 12.3. The maximum atomic E-state index is 6.09. The molecule has 3 heterocycles. The van der Waals surface area contributed by atoms with Crippen LogP contribution in [0.4, 0.5) is 11.8 Å². The van der Waals surface area contributed by atoms with Crippen molar-refractivity contribution in [2.24, 2.45) is 0 Å². The highest BCUT2D eigenvalue weighted by atomic mass is 35.5. The number of aromatic nitrogens is 2. The van der Waals surface area contributed by atoms with E-state index in [0.717, 1.165) is 38.4 Å². The fourth-order valence-electron chi connectivity index (χ4n) is 2.73. The largest absolute Gasteiger partial charge is 0.376 e. The molecule has 0 spiro atoms. The average molecular weight is 342 g/mol.